The lowest BCUT2D eigenvalue weighted by molar-refractivity contribution is 0.393. The van der Waals surface area contributed by atoms with Gasteiger partial charge >= 0.3 is 0 Å². The third-order valence-electron chi connectivity index (χ3n) is 2.07. The molecule has 14 heavy (non-hydrogen) atoms. The van der Waals surface area contributed by atoms with E-state index in [-0.39, 0.29) is 0 Å². The SMILES string of the molecule is Cc1noc(C)c1-c1cc(N)ccn1. The second kappa shape index (κ2) is 3.14. The predicted octanol–water partition coefficient (Wildman–Crippen LogP) is 1.94. The van der Waals surface area contributed by atoms with E-state index in [9.17, 15) is 0 Å². The molecule has 2 aromatic heterocycles. The van der Waals surface area contributed by atoms with Crippen LogP contribution in [-0.4, -0.2) is 10.1 Å². The molecule has 0 aliphatic carbocycles. The number of aromatic nitrogens is 2. The largest absolute Gasteiger partial charge is 0.399 e. The van der Waals surface area contributed by atoms with Crippen LogP contribution in [-0.2, 0) is 0 Å². The van der Waals surface area contributed by atoms with Crippen molar-refractivity contribution in [3.8, 4) is 11.3 Å². The zero-order valence-corrected chi connectivity index (χ0v) is 8.11. The molecule has 0 fully saturated rings. The fraction of sp³-hybridized carbons (Fsp3) is 0.200. The molecule has 2 heterocycles. The number of pyridine rings is 1. The highest BCUT2D eigenvalue weighted by Gasteiger charge is 2.12. The Balaban J connectivity index is 2.59. The first-order chi connectivity index (χ1) is 6.68. The fourth-order valence-corrected chi connectivity index (χ4v) is 1.43. The standard InChI is InChI=1S/C10H11N3O/c1-6-10(7(2)14-13-6)9-5-8(11)3-4-12-9/h3-5H,1-2H3,(H2,11,12). The van der Waals surface area contributed by atoms with Gasteiger partial charge < -0.3 is 10.3 Å². The molecule has 0 spiro atoms. The Morgan fingerprint density at radius 2 is 2.14 bits per heavy atom. The molecule has 0 radical (unpaired) electrons. The van der Waals surface area contributed by atoms with Gasteiger partial charge in [-0.15, -0.1) is 0 Å². The van der Waals surface area contributed by atoms with Gasteiger partial charge in [-0.05, 0) is 26.0 Å². The molecule has 2 N–H and O–H groups in total. The Labute approximate surface area is 81.7 Å². The molecule has 0 aromatic carbocycles. The maximum Gasteiger partial charge on any atom is 0.143 e. The molecule has 0 saturated carbocycles. The van der Waals surface area contributed by atoms with E-state index < -0.39 is 0 Å². The monoisotopic (exact) mass is 189 g/mol. The minimum absolute atomic E-state index is 0.690. The summed E-state index contributed by atoms with van der Waals surface area (Å²) in [5.41, 5.74) is 8.93. The van der Waals surface area contributed by atoms with Gasteiger partial charge in [0.05, 0.1) is 17.0 Å². The van der Waals surface area contributed by atoms with Crippen LogP contribution in [0.1, 0.15) is 11.5 Å². The van der Waals surface area contributed by atoms with E-state index in [0.29, 0.717) is 5.69 Å². The molecule has 0 aliphatic rings. The topological polar surface area (TPSA) is 64.9 Å². The third kappa shape index (κ3) is 1.35. The molecule has 0 saturated heterocycles. The van der Waals surface area contributed by atoms with Gasteiger partial charge in [-0.1, -0.05) is 5.16 Å². The van der Waals surface area contributed by atoms with Crippen molar-refractivity contribution in [3.63, 3.8) is 0 Å². The second-order valence-corrected chi connectivity index (χ2v) is 3.17. The van der Waals surface area contributed by atoms with Gasteiger partial charge in [0.15, 0.2) is 0 Å². The van der Waals surface area contributed by atoms with Crippen molar-refractivity contribution in [1.82, 2.24) is 10.1 Å². The third-order valence-corrected chi connectivity index (χ3v) is 2.07. The summed E-state index contributed by atoms with van der Waals surface area (Å²) >= 11 is 0. The van der Waals surface area contributed by atoms with Gasteiger partial charge in [0.2, 0.25) is 0 Å². The number of nitrogen functional groups attached to an aromatic ring is 1. The molecular weight excluding hydrogens is 178 g/mol. The van der Waals surface area contributed by atoms with E-state index in [0.717, 1.165) is 22.7 Å². The van der Waals surface area contributed by atoms with Crippen LogP contribution < -0.4 is 5.73 Å². The van der Waals surface area contributed by atoms with E-state index in [2.05, 4.69) is 10.1 Å². The quantitative estimate of drug-likeness (QED) is 0.744. The highest BCUT2D eigenvalue weighted by atomic mass is 16.5. The van der Waals surface area contributed by atoms with Crippen LogP contribution in [0.5, 0.6) is 0 Å². The van der Waals surface area contributed by atoms with Crippen LogP contribution in [0, 0.1) is 13.8 Å². The lowest BCUT2D eigenvalue weighted by Crippen LogP contribution is -1.90. The average molecular weight is 189 g/mol. The summed E-state index contributed by atoms with van der Waals surface area (Å²) in [6.07, 6.45) is 1.68. The van der Waals surface area contributed by atoms with Crippen molar-refractivity contribution in [3.05, 3.63) is 29.8 Å². The number of rotatable bonds is 1. The zero-order chi connectivity index (χ0) is 10.1. The summed E-state index contributed by atoms with van der Waals surface area (Å²) in [7, 11) is 0. The van der Waals surface area contributed by atoms with Crippen LogP contribution in [0.25, 0.3) is 11.3 Å². The lowest BCUT2D eigenvalue weighted by atomic mass is 10.1. The van der Waals surface area contributed by atoms with Gasteiger partial charge in [-0.3, -0.25) is 4.98 Å². The van der Waals surface area contributed by atoms with E-state index in [4.69, 9.17) is 10.3 Å². The summed E-state index contributed by atoms with van der Waals surface area (Å²) in [6.45, 7) is 3.75. The number of anilines is 1. The molecule has 2 aromatic rings. The first-order valence-corrected chi connectivity index (χ1v) is 4.33. The molecular formula is C10H11N3O. The van der Waals surface area contributed by atoms with Crippen LogP contribution in [0.2, 0.25) is 0 Å². The molecule has 4 heteroatoms. The van der Waals surface area contributed by atoms with Crippen molar-refractivity contribution in [1.29, 1.82) is 0 Å². The second-order valence-electron chi connectivity index (χ2n) is 3.17. The molecule has 72 valence electrons. The Morgan fingerprint density at radius 3 is 2.71 bits per heavy atom. The molecule has 2 rings (SSSR count). The smallest absolute Gasteiger partial charge is 0.143 e. The first kappa shape index (κ1) is 8.74. The number of nitrogens with two attached hydrogens (primary N) is 1. The van der Waals surface area contributed by atoms with Gasteiger partial charge in [-0.2, -0.15) is 0 Å². The van der Waals surface area contributed by atoms with Crippen molar-refractivity contribution < 1.29 is 4.52 Å². The van der Waals surface area contributed by atoms with Crippen LogP contribution in [0.3, 0.4) is 0 Å². The predicted molar refractivity (Wildman–Crippen MR) is 53.6 cm³/mol. The number of nitrogens with zero attached hydrogens (tertiary/aromatic N) is 2. The maximum absolute atomic E-state index is 5.67. The highest BCUT2D eigenvalue weighted by Crippen LogP contribution is 2.25. The minimum Gasteiger partial charge on any atom is -0.399 e. The summed E-state index contributed by atoms with van der Waals surface area (Å²) in [5, 5.41) is 3.87. The number of aryl methyl sites for hydroxylation is 2. The maximum atomic E-state index is 5.67. The number of hydrogen-bond donors (Lipinski definition) is 1. The van der Waals surface area contributed by atoms with Gasteiger partial charge in [0.1, 0.15) is 5.76 Å². The Kier molecular flexibility index (Phi) is 1.96. The van der Waals surface area contributed by atoms with Crippen molar-refractivity contribution in [2.45, 2.75) is 13.8 Å². The highest BCUT2D eigenvalue weighted by molar-refractivity contribution is 5.66. The van der Waals surface area contributed by atoms with E-state index in [1.54, 1.807) is 12.3 Å². The average Bonchev–Trinajstić information content (AvgIpc) is 2.46. The van der Waals surface area contributed by atoms with Crippen LogP contribution >= 0.6 is 0 Å². The zero-order valence-electron chi connectivity index (χ0n) is 8.11. The van der Waals surface area contributed by atoms with Crippen molar-refractivity contribution in [2.24, 2.45) is 0 Å². The summed E-state index contributed by atoms with van der Waals surface area (Å²) < 4.78 is 5.06. The minimum atomic E-state index is 0.690. The fourth-order valence-electron chi connectivity index (χ4n) is 1.43. The van der Waals surface area contributed by atoms with Crippen LogP contribution in [0.15, 0.2) is 22.9 Å². The molecule has 0 amide bonds. The van der Waals surface area contributed by atoms with Crippen molar-refractivity contribution in [2.75, 3.05) is 5.73 Å². The summed E-state index contributed by atoms with van der Waals surface area (Å²) in [6, 6.07) is 3.56. The van der Waals surface area contributed by atoms with E-state index in [1.165, 1.54) is 0 Å². The summed E-state index contributed by atoms with van der Waals surface area (Å²) in [4.78, 5) is 4.22. The lowest BCUT2D eigenvalue weighted by Gasteiger charge is -1.99. The Hall–Kier alpha value is -1.84. The van der Waals surface area contributed by atoms with Gasteiger partial charge in [0, 0.05) is 11.9 Å². The first-order valence-electron chi connectivity index (χ1n) is 4.33. The van der Waals surface area contributed by atoms with Gasteiger partial charge in [-0.25, -0.2) is 0 Å². The molecule has 0 aliphatic heterocycles. The Bertz CT molecular complexity index is 443. The molecule has 0 bridgehead atoms. The normalized spacial score (nSPS) is 10.4. The van der Waals surface area contributed by atoms with Crippen LogP contribution in [0.4, 0.5) is 5.69 Å². The summed E-state index contributed by atoms with van der Waals surface area (Å²) in [5.74, 6) is 0.764. The molecule has 0 atom stereocenters. The number of hydrogen-bond acceptors (Lipinski definition) is 4. The van der Waals surface area contributed by atoms with Gasteiger partial charge in [0.25, 0.3) is 0 Å². The van der Waals surface area contributed by atoms with Crippen molar-refractivity contribution >= 4 is 5.69 Å². The van der Waals surface area contributed by atoms with E-state index in [1.807, 2.05) is 19.9 Å². The molecule has 0 unspecified atom stereocenters. The van der Waals surface area contributed by atoms with E-state index >= 15 is 0 Å². The Morgan fingerprint density at radius 1 is 1.36 bits per heavy atom. The molecule has 4 nitrogen and oxygen atoms in total.